The van der Waals surface area contributed by atoms with Crippen LogP contribution in [-0.4, -0.2) is 23.0 Å². The van der Waals surface area contributed by atoms with E-state index < -0.39 is 5.97 Å². The summed E-state index contributed by atoms with van der Waals surface area (Å²) < 4.78 is 11.6. The number of nitrogens with one attached hydrogen (secondary N) is 1. The van der Waals surface area contributed by atoms with E-state index in [0.29, 0.717) is 22.8 Å². The number of fused-ring (bicyclic) bond motifs is 1. The molecular weight excluding hydrogens is 421 g/mol. The van der Waals surface area contributed by atoms with Gasteiger partial charge in [0, 0.05) is 27.6 Å². The molecule has 0 fully saturated rings. The van der Waals surface area contributed by atoms with Crippen molar-refractivity contribution in [2.24, 2.45) is 0 Å². The Morgan fingerprint density at radius 2 is 2.00 bits per heavy atom. The molecule has 0 radical (unpaired) electrons. The highest BCUT2D eigenvalue weighted by atomic mass is 127. The number of methoxy groups -OCH3 is 1. The van der Waals surface area contributed by atoms with Gasteiger partial charge in [0.25, 0.3) is 0 Å². The van der Waals surface area contributed by atoms with Crippen molar-refractivity contribution in [3.8, 4) is 11.5 Å². The van der Waals surface area contributed by atoms with Crippen LogP contribution in [0.15, 0.2) is 42.7 Å². The third-order valence-corrected chi connectivity index (χ3v) is 3.93. The second-order valence-corrected chi connectivity index (χ2v) is 6.22. The van der Waals surface area contributed by atoms with E-state index in [-0.39, 0.29) is 0 Å². The highest BCUT2D eigenvalue weighted by molar-refractivity contribution is 14.1. The molecule has 24 heavy (non-hydrogen) atoms. The Labute approximate surface area is 152 Å². The fraction of sp³-hybridized carbons (Fsp3) is 0.118. The van der Waals surface area contributed by atoms with E-state index in [1.165, 1.54) is 20.4 Å². The Hall–Kier alpha value is -2.42. The minimum Gasteiger partial charge on any atom is -0.493 e. The molecule has 0 spiro atoms. The molecule has 122 valence electrons. The van der Waals surface area contributed by atoms with Crippen LogP contribution in [0.4, 0.5) is 11.5 Å². The fourth-order valence-electron chi connectivity index (χ4n) is 2.26. The number of benzene rings is 2. The quantitative estimate of drug-likeness (QED) is 0.381. The third kappa shape index (κ3) is 3.56. The molecule has 3 rings (SSSR count). The van der Waals surface area contributed by atoms with Crippen LogP contribution in [0.1, 0.15) is 6.92 Å². The van der Waals surface area contributed by atoms with Crippen LogP contribution in [0.5, 0.6) is 11.5 Å². The summed E-state index contributed by atoms with van der Waals surface area (Å²) in [5.41, 5.74) is 1.60. The molecule has 7 heteroatoms. The number of carbonyl (C=O) groups is 1. The van der Waals surface area contributed by atoms with Gasteiger partial charge in [-0.05, 0) is 46.9 Å². The summed E-state index contributed by atoms with van der Waals surface area (Å²) in [5, 5.41) is 4.00. The second-order valence-electron chi connectivity index (χ2n) is 4.97. The molecule has 1 aromatic heterocycles. The Morgan fingerprint density at radius 1 is 1.17 bits per heavy atom. The van der Waals surface area contributed by atoms with E-state index in [1.54, 1.807) is 12.1 Å². The molecule has 0 saturated heterocycles. The minimum atomic E-state index is -0.420. The first-order valence-corrected chi connectivity index (χ1v) is 8.18. The maximum absolute atomic E-state index is 11.3. The first kappa shape index (κ1) is 16.4. The lowest BCUT2D eigenvalue weighted by atomic mass is 10.2. The number of hydrogen-bond acceptors (Lipinski definition) is 6. The maximum atomic E-state index is 11.3. The number of halogens is 1. The predicted octanol–water partition coefficient (Wildman–Crippen LogP) is 3.91. The Kier molecular flexibility index (Phi) is 4.79. The van der Waals surface area contributed by atoms with Crippen LogP contribution in [-0.2, 0) is 4.79 Å². The molecule has 0 unspecified atom stereocenters. The molecule has 1 N–H and O–H groups in total. The van der Waals surface area contributed by atoms with Gasteiger partial charge < -0.3 is 14.8 Å². The molecule has 0 bridgehead atoms. The van der Waals surface area contributed by atoms with Crippen molar-refractivity contribution >= 4 is 51.0 Å². The van der Waals surface area contributed by atoms with Crippen LogP contribution < -0.4 is 14.8 Å². The van der Waals surface area contributed by atoms with Crippen LogP contribution in [0.25, 0.3) is 10.9 Å². The van der Waals surface area contributed by atoms with E-state index in [1.807, 2.05) is 24.3 Å². The van der Waals surface area contributed by atoms with Crippen LogP contribution in [0.3, 0.4) is 0 Å². The zero-order valence-corrected chi connectivity index (χ0v) is 15.2. The molecule has 1 heterocycles. The van der Waals surface area contributed by atoms with Crippen molar-refractivity contribution in [1.29, 1.82) is 0 Å². The van der Waals surface area contributed by atoms with Crippen molar-refractivity contribution in [3.05, 3.63) is 46.3 Å². The van der Waals surface area contributed by atoms with E-state index in [4.69, 9.17) is 9.47 Å². The molecule has 0 aliphatic rings. The Bertz CT molecular complexity index is 915. The van der Waals surface area contributed by atoms with Crippen molar-refractivity contribution in [2.75, 3.05) is 12.4 Å². The summed E-state index contributed by atoms with van der Waals surface area (Å²) in [6.07, 6.45) is 1.48. The lowest BCUT2D eigenvalue weighted by molar-refractivity contribution is -0.132. The predicted molar refractivity (Wildman–Crippen MR) is 99.8 cm³/mol. The summed E-state index contributed by atoms with van der Waals surface area (Å²) in [6, 6.07) is 11.3. The second kappa shape index (κ2) is 7.00. The van der Waals surface area contributed by atoms with Gasteiger partial charge in [-0.1, -0.05) is 6.07 Å². The normalized spacial score (nSPS) is 10.5. The average Bonchev–Trinajstić information content (AvgIpc) is 2.54. The highest BCUT2D eigenvalue weighted by Crippen LogP contribution is 2.34. The number of rotatable bonds is 4. The van der Waals surface area contributed by atoms with E-state index in [0.717, 1.165) is 14.6 Å². The molecule has 0 aliphatic carbocycles. The molecule has 0 saturated carbocycles. The number of carbonyl (C=O) groups excluding carboxylic acids is 1. The van der Waals surface area contributed by atoms with Crippen molar-refractivity contribution < 1.29 is 14.3 Å². The van der Waals surface area contributed by atoms with Gasteiger partial charge in [0.15, 0.2) is 11.5 Å². The van der Waals surface area contributed by atoms with Crippen molar-refractivity contribution in [3.63, 3.8) is 0 Å². The van der Waals surface area contributed by atoms with Gasteiger partial charge in [-0.3, -0.25) is 4.79 Å². The monoisotopic (exact) mass is 435 g/mol. The van der Waals surface area contributed by atoms with Crippen LogP contribution in [0, 0.1) is 3.57 Å². The molecule has 6 nitrogen and oxygen atoms in total. The molecule has 0 aliphatic heterocycles. The molecule has 2 aromatic carbocycles. The number of nitrogens with zero attached hydrogens (tertiary/aromatic N) is 2. The number of aromatic nitrogens is 2. The first-order chi connectivity index (χ1) is 11.6. The smallest absolute Gasteiger partial charge is 0.308 e. The average molecular weight is 435 g/mol. The van der Waals surface area contributed by atoms with Gasteiger partial charge in [0.2, 0.25) is 0 Å². The van der Waals surface area contributed by atoms with Gasteiger partial charge in [0.05, 0.1) is 12.6 Å². The van der Waals surface area contributed by atoms with Crippen molar-refractivity contribution in [2.45, 2.75) is 6.92 Å². The lowest BCUT2D eigenvalue weighted by Gasteiger charge is -2.12. The Balaban J connectivity index is 2.09. The summed E-state index contributed by atoms with van der Waals surface area (Å²) >= 11 is 2.25. The maximum Gasteiger partial charge on any atom is 0.308 e. The van der Waals surface area contributed by atoms with Gasteiger partial charge in [0.1, 0.15) is 12.1 Å². The minimum absolute atomic E-state index is 0.331. The van der Waals surface area contributed by atoms with Crippen molar-refractivity contribution in [1.82, 2.24) is 9.97 Å². The molecule has 0 amide bonds. The number of anilines is 2. The zero-order valence-electron chi connectivity index (χ0n) is 13.0. The highest BCUT2D eigenvalue weighted by Gasteiger charge is 2.13. The fourth-order valence-corrected chi connectivity index (χ4v) is 2.80. The van der Waals surface area contributed by atoms with Crippen LogP contribution >= 0.6 is 22.6 Å². The van der Waals surface area contributed by atoms with Crippen LogP contribution in [0.2, 0.25) is 0 Å². The van der Waals surface area contributed by atoms with E-state index >= 15 is 0 Å². The number of hydrogen-bond donors (Lipinski definition) is 1. The zero-order chi connectivity index (χ0) is 17.1. The SMILES string of the molecule is COc1cc2ncnc(Nc3cccc(I)c3)c2cc1OC(C)=O. The molecule has 0 atom stereocenters. The summed E-state index contributed by atoms with van der Waals surface area (Å²) in [5.74, 6) is 0.976. The van der Waals surface area contributed by atoms with Gasteiger partial charge in [-0.15, -0.1) is 0 Å². The first-order valence-electron chi connectivity index (χ1n) is 7.10. The largest absolute Gasteiger partial charge is 0.493 e. The Morgan fingerprint density at radius 3 is 2.71 bits per heavy atom. The molecular formula is C17H14IN3O3. The van der Waals surface area contributed by atoms with Gasteiger partial charge in [-0.2, -0.15) is 0 Å². The number of ether oxygens (including phenoxy) is 2. The lowest BCUT2D eigenvalue weighted by Crippen LogP contribution is -2.04. The summed E-state index contributed by atoms with van der Waals surface area (Å²) in [7, 11) is 1.51. The topological polar surface area (TPSA) is 73.3 Å². The summed E-state index contributed by atoms with van der Waals surface area (Å²) in [6.45, 7) is 1.34. The standard InChI is InChI=1S/C17H14IN3O3/c1-10(22)24-16-7-13-14(8-15(16)23-2)19-9-20-17(13)21-12-5-3-4-11(18)6-12/h3-9H,1-2H3,(H,19,20,21). The van der Waals surface area contributed by atoms with Gasteiger partial charge >= 0.3 is 5.97 Å². The van der Waals surface area contributed by atoms with E-state index in [2.05, 4.69) is 37.9 Å². The van der Waals surface area contributed by atoms with Gasteiger partial charge in [-0.25, -0.2) is 9.97 Å². The van der Waals surface area contributed by atoms with E-state index in [9.17, 15) is 4.79 Å². The molecule has 3 aromatic rings. The third-order valence-electron chi connectivity index (χ3n) is 3.26. The number of esters is 1. The summed E-state index contributed by atoms with van der Waals surface area (Å²) in [4.78, 5) is 19.9.